The van der Waals surface area contributed by atoms with Crippen molar-refractivity contribution >= 4 is 28.0 Å². The van der Waals surface area contributed by atoms with E-state index in [1.165, 1.54) is 0 Å². The van der Waals surface area contributed by atoms with Gasteiger partial charge in [-0.15, -0.1) is 0 Å². The topological polar surface area (TPSA) is 77.9 Å². The maximum Gasteiger partial charge on any atom is 0.0907 e. The number of anilines is 1. The molecule has 0 radical (unpaired) electrons. The smallest absolute Gasteiger partial charge is 0.0907 e. The van der Waals surface area contributed by atoms with E-state index in [4.69, 9.17) is 0 Å². The lowest BCUT2D eigenvalue weighted by molar-refractivity contribution is 0.542. The highest BCUT2D eigenvalue weighted by atomic mass is 32.2. The Morgan fingerprint density at radius 2 is 1.93 bits per heavy atom. The maximum absolute atomic E-state index is 10.4. The van der Waals surface area contributed by atoms with Crippen molar-refractivity contribution in [1.82, 2.24) is 9.97 Å². The van der Waals surface area contributed by atoms with Crippen molar-refractivity contribution in [2.24, 2.45) is 0 Å². The molecule has 1 unspecified atom stereocenters. The molecule has 5 nitrogen and oxygen atoms in total. The van der Waals surface area contributed by atoms with Crippen LogP contribution in [0.4, 0.5) is 5.69 Å². The van der Waals surface area contributed by atoms with Crippen LogP contribution in [-0.2, 0) is 11.3 Å². The quantitative estimate of drug-likeness (QED) is 0.741. The van der Waals surface area contributed by atoms with Crippen molar-refractivity contribution in [3.8, 4) is 0 Å². The van der Waals surface area contributed by atoms with Crippen molar-refractivity contribution in [2.75, 3.05) is 4.72 Å². The van der Waals surface area contributed by atoms with Gasteiger partial charge in [0.1, 0.15) is 0 Å². The molecule has 1 aromatic carbocycles. The van der Waals surface area contributed by atoms with Crippen LogP contribution >= 0.6 is 0 Å². The van der Waals surface area contributed by atoms with Gasteiger partial charge in [-0.3, -0.25) is 14.2 Å². The first kappa shape index (κ1) is 9.04. The first-order chi connectivity index (χ1) is 6.75. The van der Waals surface area contributed by atoms with E-state index in [-0.39, 0.29) is 0 Å². The Morgan fingerprint density at radius 3 is 2.64 bits per heavy atom. The lowest BCUT2D eigenvalue weighted by Crippen LogP contribution is -2.01. The summed E-state index contributed by atoms with van der Waals surface area (Å²) in [6, 6.07) is 4.96. The maximum atomic E-state index is 10.4. The second kappa shape index (κ2) is 3.69. The van der Waals surface area contributed by atoms with Crippen LogP contribution in [0.25, 0.3) is 11.0 Å². The monoisotopic (exact) mass is 208 g/mol. The Hall–Kier alpha value is -1.53. The Kier molecular flexibility index (Phi) is 2.38. The van der Waals surface area contributed by atoms with Crippen LogP contribution in [0.1, 0.15) is 0 Å². The molecule has 1 aromatic heterocycles. The molecule has 0 aliphatic carbocycles. The number of nitrogens with zero attached hydrogens (tertiary/aromatic N) is 2. The van der Waals surface area contributed by atoms with Crippen LogP contribution < -0.4 is 4.72 Å². The zero-order valence-corrected chi connectivity index (χ0v) is 7.82. The van der Waals surface area contributed by atoms with Crippen molar-refractivity contribution in [3.05, 3.63) is 30.6 Å². The largest absolute Gasteiger partial charge is 0.755 e. The van der Waals surface area contributed by atoms with Gasteiger partial charge in [0.15, 0.2) is 0 Å². The van der Waals surface area contributed by atoms with Gasteiger partial charge in [0.25, 0.3) is 0 Å². The van der Waals surface area contributed by atoms with Crippen LogP contribution in [0.3, 0.4) is 0 Å². The third-order valence-corrected chi connectivity index (χ3v) is 2.07. The Bertz CT molecular complexity index is 489. The van der Waals surface area contributed by atoms with Gasteiger partial charge in [-0.1, -0.05) is 0 Å². The standard InChI is InChI=1S/C8H7N3O2S/c12-14(13)11-6-1-2-7-8(5-6)10-4-3-9-7/h1-5,11H,(H,12,13)/p-1. The van der Waals surface area contributed by atoms with Gasteiger partial charge in [-0.25, -0.2) is 0 Å². The number of hydrogen-bond acceptors (Lipinski definition) is 4. The van der Waals surface area contributed by atoms with E-state index in [0.717, 1.165) is 5.52 Å². The van der Waals surface area contributed by atoms with Crippen LogP contribution in [0.15, 0.2) is 30.6 Å². The lowest BCUT2D eigenvalue weighted by Gasteiger charge is -2.08. The fourth-order valence-corrected chi connectivity index (χ4v) is 1.44. The summed E-state index contributed by atoms with van der Waals surface area (Å²) in [5.74, 6) is 0. The second-order valence-electron chi connectivity index (χ2n) is 2.60. The number of benzene rings is 1. The molecule has 0 spiro atoms. The predicted octanol–water partition coefficient (Wildman–Crippen LogP) is 0.836. The summed E-state index contributed by atoms with van der Waals surface area (Å²) < 4.78 is 23.0. The molecule has 1 atom stereocenters. The summed E-state index contributed by atoms with van der Waals surface area (Å²) in [6.45, 7) is 0. The molecule has 0 aliphatic heterocycles. The van der Waals surface area contributed by atoms with E-state index in [0.29, 0.717) is 11.2 Å². The highest BCUT2D eigenvalue weighted by Gasteiger charge is 1.96. The summed E-state index contributed by atoms with van der Waals surface area (Å²) in [6.07, 6.45) is 3.14. The molecule has 72 valence electrons. The zero-order valence-electron chi connectivity index (χ0n) is 7.01. The predicted molar refractivity (Wildman–Crippen MR) is 52.1 cm³/mol. The van der Waals surface area contributed by atoms with Crippen LogP contribution in [-0.4, -0.2) is 18.7 Å². The summed E-state index contributed by atoms with van der Waals surface area (Å²) in [4.78, 5) is 8.10. The summed E-state index contributed by atoms with van der Waals surface area (Å²) in [5, 5.41) is 0. The summed E-state index contributed by atoms with van der Waals surface area (Å²) in [5.41, 5.74) is 1.86. The molecule has 0 aliphatic rings. The van der Waals surface area contributed by atoms with Gasteiger partial charge < -0.3 is 9.27 Å². The molecule has 0 amide bonds. The second-order valence-corrected chi connectivity index (χ2v) is 3.27. The van der Waals surface area contributed by atoms with E-state index in [9.17, 15) is 8.76 Å². The molecule has 6 heteroatoms. The Labute approximate surface area is 82.6 Å². The number of rotatable bonds is 2. The first-order valence-corrected chi connectivity index (χ1v) is 4.90. The van der Waals surface area contributed by atoms with E-state index in [1.807, 2.05) is 0 Å². The van der Waals surface area contributed by atoms with Crippen LogP contribution in [0, 0.1) is 0 Å². The molecule has 2 rings (SSSR count). The van der Waals surface area contributed by atoms with Gasteiger partial charge in [0, 0.05) is 29.3 Å². The van der Waals surface area contributed by atoms with Gasteiger partial charge in [-0.2, -0.15) is 0 Å². The minimum Gasteiger partial charge on any atom is -0.755 e. The molecule has 1 heterocycles. The van der Waals surface area contributed by atoms with E-state index in [2.05, 4.69) is 14.7 Å². The molecule has 14 heavy (non-hydrogen) atoms. The molecule has 0 saturated heterocycles. The summed E-state index contributed by atoms with van der Waals surface area (Å²) in [7, 11) is 0. The molecule has 0 bridgehead atoms. The van der Waals surface area contributed by atoms with Crippen molar-refractivity contribution in [1.29, 1.82) is 0 Å². The number of nitrogens with one attached hydrogen (secondary N) is 1. The molecule has 0 fully saturated rings. The minimum atomic E-state index is -2.31. The third-order valence-electron chi connectivity index (χ3n) is 1.67. The number of hydrogen-bond donors (Lipinski definition) is 1. The summed E-state index contributed by atoms with van der Waals surface area (Å²) >= 11 is -2.31. The zero-order chi connectivity index (χ0) is 9.97. The van der Waals surface area contributed by atoms with Gasteiger partial charge in [0.05, 0.1) is 11.0 Å². The van der Waals surface area contributed by atoms with Crippen molar-refractivity contribution in [2.45, 2.75) is 0 Å². The highest BCUT2D eigenvalue weighted by Crippen LogP contribution is 2.14. The molecule has 0 saturated carbocycles. The van der Waals surface area contributed by atoms with Crippen LogP contribution in [0.5, 0.6) is 0 Å². The fourth-order valence-electron chi connectivity index (χ4n) is 1.12. The van der Waals surface area contributed by atoms with Crippen molar-refractivity contribution in [3.63, 3.8) is 0 Å². The van der Waals surface area contributed by atoms with Gasteiger partial charge in [0.2, 0.25) is 0 Å². The Morgan fingerprint density at radius 1 is 1.21 bits per heavy atom. The Balaban J connectivity index is 2.46. The van der Waals surface area contributed by atoms with Gasteiger partial charge in [-0.05, 0) is 18.2 Å². The lowest BCUT2D eigenvalue weighted by atomic mass is 10.3. The normalized spacial score (nSPS) is 12.6. The molecular formula is C8H6N3O2S-. The van der Waals surface area contributed by atoms with Crippen LogP contribution in [0.2, 0.25) is 0 Å². The third kappa shape index (κ3) is 1.86. The van der Waals surface area contributed by atoms with Gasteiger partial charge >= 0.3 is 0 Å². The van der Waals surface area contributed by atoms with Crippen molar-refractivity contribution < 1.29 is 8.76 Å². The SMILES string of the molecule is O=S([O-])Nc1ccc2nccnc2c1. The molecule has 2 aromatic rings. The average molecular weight is 208 g/mol. The fraction of sp³-hybridized carbons (Fsp3) is 0. The van der Waals surface area contributed by atoms with E-state index in [1.54, 1.807) is 30.6 Å². The van der Waals surface area contributed by atoms with E-state index >= 15 is 0 Å². The molecule has 1 N–H and O–H groups in total. The first-order valence-electron chi connectivity index (χ1n) is 3.82. The average Bonchev–Trinajstić information content (AvgIpc) is 2.17. The highest BCUT2D eigenvalue weighted by molar-refractivity contribution is 7.80. The molecular weight excluding hydrogens is 202 g/mol. The minimum absolute atomic E-state index is 0.478. The van der Waals surface area contributed by atoms with E-state index < -0.39 is 11.3 Å². The number of aromatic nitrogens is 2. The number of fused-ring (bicyclic) bond motifs is 1.